The third-order valence-corrected chi connectivity index (χ3v) is 0.352. The summed E-state index contributed by atoms with van der Waals surface area (Å²) in [5.74, 6) is 0.00463. The molecule has 54 valence electrons. The smallest absolute Gasteiger partial charge is 0.359 e. The lowest BCUT2D eigenvalue weighted by atomic mass is 10.5. The van der Waals surface area contributed by atoms with Gasteiger partial charge in [0, 0.05) is 14.0 Å². The minimum absolute atomic E-state index is 0.00463. The van der Waals surface area contributed by atoms with Gasteiger partial charge in [0.25, 0.3) is 0 Å². The van der Waals surface area contributed by atoms with Gasteiger partial charge in [-0.3, -0.25) is 17.7 Å². The second-order valence-electron chi connectivity index (χ2n) is 1.05. The molecular formula is C3H7BF3NO. The fourth-order valence-corrected chi connectivity index (χ4v) is 0. The van der Waals surface area contributed by atoms with Gasteiger partial charge in [-0.15, -0.1) is 0 Å². The topological polar surface area (TPSA) is 29.1 Å². The third kappa shape index (κ3) is 118. The predicted octanol–water partition coefficient (Wildman–Crippen LogP) is 0.632. The Hall–Kier alpha value is -0.675. The van der Waals surface area contributed by atoms with Gasteiger partial charge >= 0.3 is 7.54 Å². The molecule has 0 aromatic carbocycles. The molecule has 9 heavy (non-hydrogen) atoms. The van der Waals surface area contributed by atoms with E-state index in [9.17, 15) is 17.7 Å². The van der Waals surface area contributed by atoms with E-state index in [2.05, 4.69) is 5.32 Å². The number of amides is 1. The average Bonchev–Trinajstić information content (AvgIpc) is 1.65. The molecule has 0 aliphatic heterocycles. The number of halogens is 3. The van der Waals surface area contributed by atoms with Gasteiger partial charge < -0.3 is 5.32 Å². The van der Waals surface area contributed by atoms with Crippen molar-refractivity contribution in [3.63, 3.8) is 0 Å². The maximum Gasteiger partial charge on any atom is 0.762 e. The van der Waals surface area contributed by atoms with E-state index in [1.54, 1.807) is 7.05 Å². The summed E-state index contributed by atoms with van der Waals surface area (Å²) in [6, 6.07) is 0. The van der Waals surface area contributed by atoms with E-state index >= 15 is 0 Å². The van der Waals surface area contributed by atoms with Crippen molar-refractivity contribution >= 4 is 13.5 Å². The van der Waals surface area contributed by atoms with Crippen LogP contribution in [0.25, 0.3) is 0 Å². The van der Waals surface area contributed by atoms with Crippen LogP contribution >= 0.6 is 0 Å². The summed E-state index contributed by atoms with van der Waals surface area (Å²) in [6.07, 6.45) is 0. The van der Waals surface area contributed by atoms with E-state index < -0.39 is 7.54 Å². The maximum absolute atomic E-state index is 9.70. The molecule has 0 saturated heterocycles. The molecule has 1 N–H and O–H groups in total. The molecule has 0 radical (unpaired) electrons. The van der Waals surface area contributed by atoms with Gasteiger partial charge in [0.05, 0.1) is 0 Å². The second-order valence-corrected chi connectivity index (χ2v) is 1.05. The molecule has 0 aliphatic rings. The lowest BCUT2D eigenvalue weighted by Crippen LogP contribution is -2.11. The zero-order valence-corrected chi connectivity index (χ0v) is 5.12. The lowest BCUT2D eigenvalue weighted by molar-refractivity contribution is -0.118. The van der Waals surface area contributed by atoms with Crippen molar-refractivity contribution in [1.29, 1.82) is 0 Å². The molecule has 0 spiro atoms. The highest BCUT2D eigenvalue weighted by atomic mass is 19.4. The zero-order valence-electron chi connectivity index (χ0n) is 5.12. The number of carbonyl (C=O) groups excluding carboxylic acids is 1. The fourth-order valence-electron chi connectivity index (χ4n) is 0. The Morgan fingerprint density at radius 2 is 1.56 bits per heavy atom. The van der Waals surface area contributed by atoms with Crippen molar-refractivity contribution in [2.75, 3.05) is 7.05 Å². The molecule has 0 unspecified atom stereocenters. The van der Waals surface area contributed by atoms with Gasteiger partial charge in [-0.25, -0.2) is 0 Å². The summed E-state index contributed by atoms with van der Waals surface area (Å²) < 4.78 is 29.0. The largest absolute Gasteiger partial charge is 0.762 e. The van der Waals surface area contributed by atoms with E-state index in [0.717, 1.165) is 0 Å². The minimum atomic E-state index is -3.67. The van der Waals surface area contributed by atoms with Gasteiger partial charge in [0.1, 0.15) is 0 Å². The first-order valence-corrected chi connectivity index (χ1v) is 2.11. The first-order chi connectivity index (χ1) is 4.00. The van der Waals surface area contributed by atoms with Crippen molar-refractivity contribution in [3.8, 4) is 0 Å². The van der Waals surface area contributed by atoms with Crippen molar-refractivity contribution in [2.45, 2.75) is 6.92 Å². The summed E-state index contributed by atoms with van der Waals surface area (Å²) in [5.41, 5.74) is 0. The zero-order chi connectivity index (χ0) is 7.86. The standard InChI is InChI=1S/C3H7NO.BF3/c1-3(5)4-2;2-1(3)4/h1-2H3,(H,4,5);. The van der Waals surface area contributed by atoms with Gasteiger partial charge in [-0.1, -0.05) is 0 Å². The van der Waals surface area contributed by atoms with Gasteiger partial charge in [-0.05, 0) is 0 Å². The van der Waals surface area contributed by atoms with Crippen LogP contribution in [0.3, 0.4) is 0 Å². The Balaban J connectivity index is 0. The molecule has 6 heteroatoms. The average molecular weight is 141 g/mol. The normalized spacial score (nSPS) is 6.78. The number of rotatable bonds is 0. The van der Waals surface area contributed by atoms with E-state index in [-0.39, 0.29) is 5.91 Å². The van der Waals surface area contributed by atoms with Crippen LogP contribution in [-0.2, 0) is 4.79 Å². The number of carbonyl (C=O) groups is 1. The van der Waals surface area contributed by atoms with Crippen LogP contribution in [0.15, 0.2) is 0 Å². The molecule has 0 rings (SSSR count). The Bertz CT molecular complexity index is 76.7. The van der Waals surface area contributed by atoms with Gasteiger partial charge in [0.2, 0.25) is 5.91 Å². The Kier molecular flexibility index (Phi) is 9.09. The minimum Gasteiger partial charge on any atom is -0.359 e. The quantitative estimate of drug-likeness (QED) is 0.492. The van der Waals surface area contributed by atoms with Crippen molar-refractivity contribution in [2.24, 2.45) is 0 Å². The molecule has 0 saturated carbocycles. The monoisotopic (exact) mass is 141 g/mol. The lowest BCUT2D eigenvalue weighted by Gasteiger charge is -1.80. The van der Waals surface area contributed by atoms with Crippen LogP contribution in [-0.4, -0.2) is 20.5 Å². The second kappa shape index (κ2) is 7.32. The maximum atomic E-state index is 9.70. The molecular weight excluding hydrogens is 134 g/mol. The SMILES string of the molecule is CNC(C)=O.FB(F)F. The van der Waals surface area contributed by atoms with Crippen LogP contribution in [0.5, 0.6) is 0 Å². The third-order valence-electron chi connectivity index (χ3n) is 0.352. The molecule has 0 aliphatic carbocycles. The molecule has 0 atom stereocenters. The first kappa shape index (κ1) is 11.2. The molecule has 2 nitrogen and oxygen atoms in total. The molecule has 1 amide bonds. The van der Waals surface area contributed by atoms with Crippen LogP contribution in [0, 0.1) is 0 Å². The van der Waals surface area contributed by atoms with Crippen molar-refractivity contribution in [1.82, 2.24) is 5.32 Å². The Morgan fingerprint density at radius 3 is 1.56 bits per heavy atom. The Labute approximate surface area is 51.7 Å². The first-order valence-electron chi connectivity index (χ1n) is 2.11. The summed E-state index contributed by atoms with van der Waals surface area (Å²) in [5, 5.41) is 2.39. The van der Waals surface area contributed by atoms with E-state index in [1.807, 2.05) is 0 Å². The van der Waals surface area contributed by atoms with Crippen LogP contribution in [0.2, 0.25) is 0 Å². The molecule has 0 aromatic rings. The fraction of sp³-hybridized carbons (Fsp3) is 0.667. The van der Waals surface area contributed by atoms with Crippen LogP contribution in [0.4, 0.5) is 12.9 Å². The van der Waals surface area contributed by atoms with E-state index in [4.69, 9.17) is 0 Å². The Morgan fingerprint density at radius 1 is 1.44 bits per heavy atom. The predicted molar refractivity (Wildman–Crippen MR) is 28.8 cm³/mol. The number of hydrogen-bond acceptors (Lipinski definition) is 1. The van der Waals surface area contributed by atoms with Crippen molar-refractivity contribution < 1.29 is 17.7 Å². The highest BCUT2D eigenvalue weighted by Gasteiger charge is 2.06. The number of hydrogen-bond donors (Lipinski definition) is 1. The number of nitrogens with one attached hydrogen (secondary N) is 1. The summed E-state index contributed by atoms with van der Waals surface area (Å²) >= 11 is 0. The van der Waals surface area contributed by atoms with Crippen LogP contribution < -0.4 is 5.32 Å². The summed E-state index contributed by atoms with van der Waals surface area (Å²) in [6.45, 7) is 1.47. The van der Waals surface area contributed by atoms with Crippen LogP contribution in [0.1, 0.15) is 6.92 Å². The summed E-state index contributed by atoms with van der Waals surface area (Å²) in [7, 11) is -2.07. The van der Waals surface area contributed by atoms with Crippen molar-refractivity contribution in [3.05, 3.63) is 0 Å². The molecule has 0 aromatic heterocycles. The highest BCUT2D eigenvalue weighted by Crippen LogP contribution is 1.80. The van der Waals surface area contributed by atoms with Gasteiger partial charge in [-0.2, -0.15) is 0 Å². The highest BCUT2D eigenvalue weighted by molar-refractivity contribution is 6.33. The molecule has 0 heterocycles. The summed E-state index contributed by atoms with van der Waals surface area (Å²) in [4.78, 5) is 9.70. The molecule has 0 fully saturated rings. The molecule has 0 bridgehead atoms. The van der Waals surface area contributed by atoms with Gasteiger partial charge in [0.15, 0.2) is 0 Å². The van der Waals surface area contributed by atoms with E-state index in [0.29, 0.717) is 0 Å². The van der Waals surface area contributed by atoms with E-state index in [1.165, 1.54) is 6.92 Å².